The van der Waals surface area contributed by atoms with Crippen molar-refractivity contribution in [3.8, 4) is 5.75 Å². The quantitative estimate of drug-likeness (QED) is 0.116. The van der Waals surface area contributed by atoms with Crippen LogP contribution in [0.1, 0.15) is 24.5 Å². The Morgan fingerprint density at radius 3 is 2.12 bits per heavy atom. The van der Waals surface area contributed by atoms with E-state index in [0.717, 1.165) is 16.5 Å². The SMILES string of the molecule is CC(O)C(NC(=O)C(Cc1ccc(O)cc1)NC(=O)C(N)Cc1c[nH]c2ccccc12)C(=O)NC(CC(=O)O)C(=O)O. The van der Waals surface area contributed by atoms with Crippen LogP contribution in [-0.4, -0.2) is 85.3 Å². The number of phenolic OH excluding ortho intramolecular Hbond substituents is 1. The standard InChI is InChI=1S/C28H33N5O9/c1-14(34)24(27(40)32-22(28(41)42)12-23(36)37)33-26(39)21(10-15-6-8-17(35)9-7-15)31-25(38)19(29)11-16-13-30-20-5-3-2-4-18(16)20/h2-9,13-14,19,21-22,24,30,34-35H,10-12,29H2,1H3,(H,31,38)(H,32,40)(H,33,39)(H,36,37)(H,41,42). The normalized spacial score (nSPS) is 14.6. The van der Waals surface area contributed by atoms with E-state index in [-0.39, 0.29) is 18.6 Å². The number of hydrogen-bond donors (Lipinski definition) is 9. The van der Waals surface area contributed by atoms with Crippen LogP contribution in [-0.2, 0) is 36.8 Å². The molecule has 0 aliphatic carbocycles. The van der Waals surface area contributed by atoms with Crippen LogP contribution in [0.2, 0.25) is 0 Å². The molecule has 42 heavy (non-hydrogen) atoms. The molecule has 0 spiro atoms. The number of phenols is 1. The first-order chi connectivity index (χ1) is 19.8. The molecule has 1 heterocycles. The van der Waals surface area contributed by atoms with Crippen molar-refractivity contribution in [3.63, 3.8) is 0 Å². The van der Waals surface area contributed by atoms with Crippen LogP contribution in [0.4, 0.5) is 0 Å². The number of aliphatic hydroxyl groups is 1. The number of rotatable bonds is 14. The van der Waals surface area contributed by atoms with Crippen LogP contribution in [0, 0.1) is 0 Å². The van der Waals surface area contributed by atoms with Crippen molar-refractivity contribution in [2.45, 2.75) is 56.5 Å². The fourth-order valence-electron chi connectivity index (χ4n) is 4.28. The Morgan fingerprint density at radius 1 is 0.857 bits per heavy atom. The average Bonchev–Trinajstić information content (AvgIpc) is 3.33. The summed E-state index contributed by atoms with van der Waals surface area (Å²) in [6.07, 6.45) is -0.679. The van der Waals surface area contributed by atoms with E-state index in [2.05, 4.69) is 15.6 Å². The molecular formula is C28H33N5O9. The number of carbonyl (C=O) groups excluding carboxylic acids is 3. The van der Waals surface area contributed by atoms with Gasteiger partial charge in [-0.25, -0.2) is 4.79 Å². The van der Waals surface area contributed by atoms with E-state index in [1.54, 1.807) is 6.20 Å². The molecule has 2 aromatic carbocycles. The Bertz CT molecular complexity index is 1440. The monoisotopic (exact) mass is 583 g/mol. The van der Waals surface area contributed by atoms with Crippen LogP contribution >= 0.6 is 0 Å². The maximum absolute atomic E-state index is 13.4. The molecule has 14 heteroatoms. The minimum absolute atomic E-state index is 0.0234. The molecule has 0 aliphatic rings. The summed E-state index contributed by atoms with van der Waals surface area (Å²) in [6, 6.07) is 7.39. The molecule has 0 bridgehead atoms. The van der Waals surface area contributed by atoms with E-state index in [9.17, 15) is 39.3 Å². The van der Waals surface area contributed by atoms with Crippen molar-refractivity contribution in [1.82, 2.24) is 20.9 Å². The minimum atomic E-state index is -1.82. The molecule has 0 saturated heterocycles. The number of nitrogens with one attached hydrogen (secondary N) is 4. The van der Waals surface area contributed by atoms with Crippen LogP contribution in [0.25, 0.3) is 10.9 Å². The summed E-state index contributed by atoms with van der Waals surface area (Å²) in [6.45, 7) is 1.17. The molecule has 0 fully saturated rings. The number of amides is 3. The van der Waals surface area contributed by atoms with E-state index >= 15 is 0 Å². The zero-order valence-electron chi connectivity index (χ0n) is 22.6. The van der Waals surface area contributed by atoms with Gasteiger partial charge in [-0.1, -0.05) is 30.3 Å². The topological polar surface area (TPSA) is 244 Å². The number of carbonyl (C=O) groups is 5. The first-order valence-corrected chi connectivity index (χ1v) is 13.0. The van der Waals surface area contributed by atoms with Crippen molar-refractivity contribution in [1.29, 1.82) is 0 Å². The Labute approximate surface area is 239 Å². The summed E-state index contributed by atoms with van der Waals surface area (Å²) >= 11 is 0. The Hall–Kier alpha value is -4.95. The second-order valence-corrected chi connectivity index (χ2v) is 9.83. The molecule has 0 aliphatic heterocycles. The predicted molar refractivity (Wildman–Crippen MR) is 149 cm³/mol. The van der Waals surface area contributed by atoms with Gasteiger partial charge in [0.2, 0.25) is 17.7 Å². The molecule has 0 radical (unpaired) electrons. The number of fused-ring (bicyclic) bond motifs is 1. The van der Waals surface area contributed by atoms with Crippen molar-refractivity contribution >= 4 is 40.6 Å². The second kappa shape index (κ2) is 14.1. The number of aromatic hydroxyl groups is 1. The van der Waals surface area contributed by atoms with Crippen LogP contribution < -0.4 is 21.7 Å². The highest BCUT2D eigenvalue weighted by atomic mass is 16.4. The highest BCUT2D eigenvalue weighted by Gasteiger charge is 2.33. The van der Waals surface area contributed by atoms with E-state index in [1.807, 2.05) is 29.6 Å². The molecule has 3 amide bonds. The summed E-state index contributed by atoms with van der Waals surface area (Å²) in [5.74, 6) is -5.85. The highest BCUT2D eigenvalue weighted by Crippen LogP contribution is 2.19. The summed E-state index contributed by atoms with van der Waals surface area (Å²) in [5, 5.41) is 45.7. The van der Waals surface area contributed by atoms with E-state index in [1.165, 1.54) is 31.2 Å². The van der Waals surface area contributed by atoms with Gasteiger partial charge in [-0.2, -0.15) is 0 Å². The van der Waals surface area contributed by atoms with Crippen molar-refractivity contribution in [2.24, 2.45) is 5.73 Å². The maximum atomic E-state index is 13.4. The number of aliphatic hydroxyl groups excluding tert-OH is 1. The summed E-state index contributed by atoms with van der Waals surface area (Å²) < 4.78 is 0. The molecule has 10 N–H and O–H groups in total. The number of aliphatic carboxylic acids is 2. The largest absolute Gasteiger partial charge is 0.508 e. The molecule has 14 nitrogen and oxygen atoms in total. The summed E-state index contributed by atoms with van der Waals surface area (Å²) in [5.41, 5.74) is 8.36. The fourth-order valence-corrected chi connectivity index (χ4v) is 4.28. The molecule has 224 valence electrons. The van der Waals surface area contributed by atoms with Gasteiger partial charge in [-0.3, -0.25) is 19.2 Å². The lowest BCUT2D eigenvalue weighted by Gasteiger charge is -2.26. The van der Waals surface area contributed by atoms with Gasteiger partial charge < -0.3 is 47.1 Å². The van der Waals surface area contributed by atoms with Gasteiger partial charge in [0.15, 0.2) is 0 Å². The number of H-pyrrole nitrogens is 1. The lowest BCUT2D eigenvalue weighted by molar-refractivity contribution is -0.148. The summed E-state index contributed by atoms with van der Waals surface area (Å²) in [4.78, 5) is 64.7. The Balaban J connectivity index is 1.78. The zero-order chi connectivity index (χ0) is 31.0. The van der Waals surface area contributed by atoms with Crippen molar-refractivity contribution < 1.29 is 44.4 Å². The van der Waals surface area contributed by atoms with Crippen LogP contribution in [0.5, 0.6) is 5.75 Å². The van der Waals surface area contributed by atoms with Gasteiger partial charge >= 0.3 is 11.9 Å². The van der Waals surface area contributed by atoms with Crippen molar-refractivity contribution in [2.75, 3.05) is 0 Å². The number of carboxylic acid groups (broad SMARTS) is 2. The minimum Gasteiger partial charge on any atom is -0.508 e. The molecular weight excluding hydrogens is 550 g/mol. The van der Waals surface area contributed by atoms with Gasteiger partial charge in [0.1, 0.15) is 23.9 Å². The van der Waals surface area contributed by atoms with Gasteiger partial charge in [0, 0.05) is 23.5 Å². The predicted octanol–water partition coefficient (Wildman–Crippen LogP) is -0.619. The zero-order valence-corrected chi connectivity index (χ0v) is 22.6. The molecule has 5 unspecified atom stereocenters. The fraction of sp³-hybridized carbons (Fsp3) is 0.321. The van der Waals surface area contributed by atoms with Gasteiger partial charge in [-0.15, -0.1) is 0 Å². The lowest BCUT2D eigenvalue weighted by atomic mass is 10.0. The number of aromatic nitrogens is 1. The molecule has 0 saturated carbocycles. The lowest BCUT2D eigenvalue weighted by Crippen LogP contribution is -2.60. The van der Waals surface area contributed by atoms with Crippen molar-refractivity contribution in [3.05, 3.63) is 65.9 Å². The third-order valence-corrected chi connectivity index (χ3v) is 6.52. The second-order valence-electron chi connectivity index (χ2n) is 9.83. The van der Waals surface area contributed by atoms with Gasteiger partial charge in [-0.05, 0) is 42.7 Å². The third-order valence-electron chi connectivity index (χ3n) is 6.52. The number of carboxylic acids is 2. The Kier molecular flexibility index (Phi) is 10.6. The Morgan fingerprint density at radius 2 is 1.50 bits per heavy atom. The van der Waals surface area contributed by atoms with Gasteiger partial charge in [0.05, 0.1) is 18.6 Å². The molecule has 5 atom stereocenters. The van der Waals surface area contributed by atoms with Crippen LogP contribution in [0.3, 0.4) is 0 Å². The molecule has 3 aromatic rings. The molecule has 3 rings (SSSR count). The number of para-hydroxylation sites is 1. The number of hydrogen-bond acceptors (Lipinski definition) is 8. The van der Waals surface area contributed by atoms with Crippen LogP contribution in [0.15, 0.2) is 54.7 Å². The van der Waals surface area contributed by atoms with E-state index in [0.29, 0.717) is 5.56 Å². The van der Waals surface area contributed by atoms with E-state index in [4.69, 9.17) is 10.8 Å². The highest BCUT2D eigenvalue weighted by molar-refractivity contribution is 5.95. The number of aromatic amines is 1. The van der Waals surface area contributed by atoms with Gasteiger partial charge in [0.25, 0.3) is 0 Å². The first kappa shape index (κ1) is 31.6. The summed E-state index contributed by atoms with van der Waals surface area (Å²) in [7, 11) is 0. The maximum Gasteiger partial charge on any atom is 0.326 e. The first-order valence-electron chi connectivity index (χ1n) is 13.0. The number of benzene rings is 2. The van der Waals surface area contributed by atoms with E-state index < -0.39 is 66.4 Å². The average molecular weight is 584 g/mol. The third kappa shape index (κ3) is 8.52. The number of nitrogens with two attached hydrogens (primary N) is 1. The molecule has 1 aromatic heterocycles. The smallest absolute Gasteiger partial charge is 0.326 e.